The lowest BCUT2D eigenvalue weighted by atomic mass is 10.1. The van der Waals surface area contributed by atoms with E-state index in [9.17, 15) is 4.79 Å². The van der Waals surface area contributed by atoms with Gasteiger partial charge in [-0.25, -0.2) is 4.98 Å². The summed E-state index contributed by atoms with van der Waals surface area (Å²) < 4.78 is 0.629. The highest BCUT2D eigenvalue weighted by Crippen LogP contribution is 2.23. The molecular weight excluding hydrogens is 332 g/mol. The molecule has 1 aromatic carbocycles. The molecule has 21 heavy (non-hydrogen) atoms. The minimum absolute atomic E-state index is 0.266. The summed E-state index contributed by atoms with van der Waals surface area (Å²) in [6.45, 7) is 0. The molecule has 0 saturated carbocycles. The molecule has 0 atom stereocenters. The molecule has 6 heteroatoms. The molecule has 3 N–H and O–H groups in total. The number of nitrogen functional groups attached to an aromatic ring is 1. The number of fused-ring (bicyclic) bond motifs is 1. The van der Waals surface area contributed by atoms with Gasteiger partial charge in [0.05, 0.1) is 27.4 Å². The Kier molecular flexibility index (Phi) is 3.53. The molecule has 104 valence electrons. The number of hydrogen-bond donors (Lipinski definition) is 2. The van der Waals surface area contributed by atoms with E-state index in [1.807, 2.05) is 24.3 Å². The Hall–Kier alpha value is -2.47. The number of hydrogen-bond acceptors (Lipinski definition) is 4. The first-order valence-corrected chi connectivity index (χ1v) is 7.00. The number of carbonyl (C=O) groups is 1. The second-order valence-corrected chi connectivity index (χ2v) is 5.29. The zero-order chi connectivity index (χ0) is 14.8. The number of benzene rings is 1. The van der Waals surface area contributed by atoms with Gasteiger partial charge in [-0.05, 0) is 34.1 Å². The third kappa shape index (κ3) is 2.71. The maximum atomic E-state index is 12.4. The van der Waals surface area contributed by atoms with Crippen molar-refractivity contribution >= 4 is 44.2 Å². The normalized spacial score (nSPS) is 10.5. The van der Waals surface area contributed by atoms with Crippen LogP contribution in [0.15, 0.2) is 53.3 Å². The van der Waals surface area contributed by atoms with Gasteiger partial charge in [-0.2, -0.15) is 0 Å². The maximum absolute atomic E-state index is 12.4. The Balaban J connectivity index is 1.97. The third-order valence-corrected chi connectivity index (χ3v) is 3.58. The fourth-order valence-electron chi connectivity index (χ4n) is 2.01. The number of amides is 1. The summed E-state index contributed by atoms with van der Waals surface area (Å²) >= 11 is 3.33. The van der Waals surface area contributed by atoms with Crippen molar-refractivity contribution in [2.45, 2.75) is 0 Å². The molecule has 0 aliphatic heterocycles. The minimum Gasteiger partial charge on any atom is -0.397 e. The van der Waals surface area contributed by atoms with Gasteiger partial charge in [0.25, 0.3) is 5.91 Å². The summed E-state index contributed by atoms with van der Waals surface area (Å²) in [5, 5.41) is 3.66. The molecule has 5 nitrogen and oxygen atoms in total. The summed E-state index contributed by atoms with van der Waals surface area (Å²) in [7, 11) is 0. The average molecular weight is 343 g/mol. The number of para-hydroxylation sites is 1. The second-order valence-electron chi connectivity index (χ2n) is 4.43. The van der Waals surface area contributed by atoms with Gasteiger partial charge in [0.1, 0.15) is 5.82 Å². The van der Waals surface area contributed by atoms with E-state index >= 15 is 0 Å². The van der Waals surface area contributed by atoms with Gasteiger partial charge < -0.3 is 11.1 Å². The van der Waals surface area contributed by atoms with E-state index in [0.29, 0.717) is 27.1 Å². The zero-order valence-corrected chi connectivity index (χ0v) is 12.5. The first-order valence-electron chi connectivity index (χ1n) is 6.21. The molecule has 0 radical (unpaired) electrons. The van der Waals surface area contributed by atoms with Crippen LogP contribution in [0.3, 0.4) is 0 Å². The van der Waals surface area contributed by atoms with Gasteiger partial charge in [-0.1, -0.05) is 18.2 Å². The van der Waals surface area contributed by atoms with Crippen LogP contribution in [-0.4, -0.2) is 15.9 Å². The van der Waals surface area contributed by atoms with Crippen LogP contribution in [0.2, 0.25) is 0 Å². The van der Waals surface area contributed by atoms with Crippen molar-refractivity contribution in [3.05, 3.63) is 58.8 Å². The maximum Gasteiger partial charge on any atom is 0.259 e. The van der Waals surface area contributed by atoms with Crippen molar-refractivity contribution in [1.82, 2.24) is 9.97 Å². The van der Waals surface area contributed by atoms with E-state index in [0.717, 1.165) is 5.39 Å². The first kappa shape index (κ1) is 13.5. The van der Waals surface area contributed by atoms with Crippen LogP contribution < -0.4 is 11.1 Å². The lowest BCUT2D eigenvalue weighted by Gasteiger charge is -2.08. The molecule has 0 unspecified atom stereocenters. The number of nitrogens with two attached hydrogens (primary N) is 1. The Morgan fingerprint density at radius 2 is 2.00 bits per heavy atom. The molecule has 0 saturated heterocycles. The van der Waals surface area contributed by atoms with Crippen molar-refractivity contribution in [1.29, 1.82) is 0 Å². The lowest BCUT2D eigenvalue weighted by Crippen LogP contribution is -2.14. The van der Waals surface area contributed by atoms with E-state index in [1.165, 1.54) is 6.20 Å². The number of rotatable bonds is 2. The van der Waals surface area contributed by atoms with Gasteiger partial charge in [0, 0.05) is 11.6 Å². The predicted octanol–water partition coefficient (Wildman–Crippen LogP) is 3.23. The first-order chi connectivity index (χ1) is 10.1. The number of nitrogens with one attached hydrogen (secondary N) is 1. The molecule has 0 fully saturated rings. The molecular formula is C15H11BrN4O. The Labute approximate surface area is 129 Å². The smallest absolute Gasteiger partial charge is 0.259 e. The Morgan fingerprint density at radius 3 is 2.81 bits per heavy atom. The van der Waals surface area contributed by atoms with Crippen LogP contribution in [0.1, 0.15) is 10.4 Å². The summed E-state index contributed by atoms with van der Waals surface area (Å²) in [6, 6.07) is 10.9. The number of pyridine rings is 2. The van der Waals surface area contributed by atoms with Crippen molar-refractivity contribution < 1.29 is 4.79 Å². The van der Waals surface area contributed by atoms with Gasteiger partial charge >= 0.3 is 0 Å². The van der Waals surface area contributed by atoms with Crippen molar-refractivity contribution in [2.75, 3.05) is 11.1 Å². The topological polar surface area (TPSA) is 80.9 Å². The second kappa shape index (κ2) is 5.49. The fraction of sp³-hybridized carbons (Fsp3) is 0. The van der Waals surface area contributed by atoms with Gasteiger partial charge in [-0.15, -0.1) is 0 Å². The molecule has 0 aliphatic rings. The molecule has 2 heterocycles. The van der Waals surface area contributed by atoms with E-state index in [4.69, 9.17) is 5.73 Å². The van der Waals surface area contributed by atoms with Gasteiger partial charge in [0.15, 0.2) is 0 Å². The van der Waals surface area contributed by atoms with Crippen molar-refractivity contribution in [2.24, 2.45) is 0 Å². The summed E-state index contributed by atoms with van der Waals surface area (Å²) in [5.41, 5.74) is 7.30. The molecule has 1 amide bonds. The quantitative estimate of drug-likeness (QED) is 0.749. The van der Waals surface area contributed by atoms with E-state index in [-0.39, 0.29) is 5.91 Å². The van der Waals surface area contributed by atoms with Crippen molar-refractivity contribution in [3.8, 4) is 0 Å². The number of halogens is 1. The highest BCUT2D eigenvalue weighted by atomic mass is 79.9. The standard InChI is InChI=1S/C15H11BrN4O/c16-12-7-10(17)8-19-14(12)20-15(21)11-5-1-3-9-4-2-6-18-13(9)11/h1-8H,17H2,(H,19,20,21). The number of carbonyl (C=O) groups excluding carboxylic acids is 1. The molecule has 0 bridgehead atoms. The highest BCUT2D eigenvalue weighted by Gasteiger charge is 2.13. The van der Waals surface area contributed by atoms with Crippen LogP contribution in [0.5, 0.6) is 0 Å². The fourth-order valence-corrected chi connectivity index (χ4v) is 2.47. The van der Waals surface area contributed by atoms with Gasteiger partial charge in [0.2, 0.25) is 0 Å². The molecule has 2 aromatic heterocycles. The third-order valence-electron chi connectivity index (χ3n) is 2.97. The van der Waals surface area contributed by atoms with Crippen LogP contribution >= 0.6 is 15.9 Å². The van der Waals surface area contributed by atoms with E-state index < -0.39 is 0 Å². The van der Waals surface area contributed by atoms with Gasteiger partial charge in [-0.3, -0.25) is 9.78 Å². The summed E-state index contributed by atoms with van der Waals surface area (Å²) in [6.07, 6.45) is 3.15. The Bertz CT molecular complexity index is 830. The number of nitrogens with zero attached hydrogens (tertiary/aromatic N) is 2. The molecule has 3 rings (SSSR count). The predicted molar refractivity (Wildman–Crippen MR) is 86.0 cm³/mol. The SMILES string of the molecule is Nc1cnc(NC(=O)c2cccc3cccnc23)c(Br)c1. The van der Waals surface area contributed by atoms with Crippen LogP contribution in [-0.2, 0) is 0 Å². The number of anilines is 2. The van der Waals surface area contributed by atoms with E-state index in [2.05, 4.69) is 31.2 Å². The molecule has 0 aliphatic carbocycles. The highest BCUT2D eigenvalue weighted by molar-refractivity contribution is 9.10. The average Bonchev–Trinajstić information content (AvgIpc) is 2.49. The number of aromatic nitrogens is 2. The van der Waals surface area contributed by atoms with Crippen LogP contribution in [0.4, 0.5) is 11.5 Å². The Morgan fingerprint density at radius 1 is 1.19 bits per heavy atom. The lowest BCUT2D eigenvalue weighted by molar-refractivity contribution is 0.102. The van der Waals surface area contributed by atoms with Crippen molar-refractivity contribution in [3.63, 3.8) is 0 Å². The summed E-state index contributed by atoms with van der Waals surface area (Å²) in [4.78, 5) is 20.8. The summed E-state index contributed by atoms with van der Waals surface area (Å²) in [5.74, 6) is 0.152. The minimum atomic E-state index is -0.266. The molecule has 0 spiro atoms. The van der Waals surface area contributed by atoms with Crippen LogP contribution in [0, 0.1) is 0 Å². The monoisotopic (exact) mass is 342 g/mol. The van der Waals surface area contributed by atoms with Crippen LogP contribution in [0.25, 0.3) is 10.9 Å². The molecule has 3 aromatic rings. The largest absolute Gasteiger partial charge is 0.397 e. The zero-order valence-electron chi connectivity index (χ0n) is 10.9. The van der Waals surface area contributed by atoms with E-state index in [1.54, 1.807) is 18.3 Å².